The molecule has 0 aliphatic rings. The summed E-state index contributed by atoms with van der Waals surface area (Å²) in [6, 6.07) is 7.84. The van der Waals surface area contributed by atoms with Gasteiger partial charge in [-0.1, -0.05) is 23.7 Å². The molecule has 0 bridgehead atoms. The molecule has 0 aliphatic heterocycles. The van der Waals surface area contributed by atoms with Gasteiger partial charge >= 0.3 is 5.97 Å². The zero-order valence-corrected chi connectivity index (χ0v) is 11.2. The van der Waals surface area contributed by atoms with Crippen molar-refractivity contribution in [2.75, 3.05) is 5.32 Å². The van der Waals surface area contributed by atoms with Crippen molar-refractivity contribution in [2.45, 2.75) is 0 Å². The van der Waals surface area contributed by atoms with Gasteiger partial charge in [0.2, 0.25) is 0 Å². The summed E-state index contributed by atoms with van der Waals surface area (Å²) in [6.45, 7) is 0. The highest BCUT2D eigenvalue weighted by atomic mass is 35.5. The van der Waals surface area contributed by atoms with Crippen LogP contribution in [0.4, 0.5) is 15.8 Å². The predicted molar refractivity (Wildman–Crippen MR) is 75.7 cm³/mol. The van der Waals surface area contributed by atoms with Crippen molar-refractivity contribution in [1.29, 1.82) is 0 Å². The molecule has 0 radical (unpaired) electrons. The van der Waals surface area contributed by atoms with Crippen LogP contribution < -0.4 is 5.32 Å². The number of nitrogens with one attached hydrogen (secondary N) is 1. The number of hydrogen-bond acceptors (Lipinski definition) is 4. The van der Waals surface area contributed by atoms with Crippen LogP contribution in [0.25, 0.3) is 11.1 Å². The van der Waals surface area contributed by atoms with Crippen molar-refractivity contribution in [3.8, 4) is 0 Å². The number of halogens is 2. The molecule has 1 aromatic heterocycles. The Morgan fingerprint density at radius 1 is 1.38 bits per heavy atom. The van der Waals surface area contributed by atoms with Gasteiger partial charge in [0, 0.05) is 0 Å². The number of carboxylic acid groups (broad SMARTS) is 1. The highest BCUT2D eigenvalue weighted by Crippen LogP contribution is 2.32. The molecule has 7 heteroatoms. The summed E-state index contributed by atoms with van der Waals surface area (Å²) in [4.78, 5) is 15.0. The molecule has 1 heterocycles. The molecule has 0 saturated heterocycles. The van der Waals surface area contributed by atoms with Crippen molar-refractivity contribution in [2.24, 2.45) is 0 Å². The fourth-order valence-electron chi connectivity index (χ4n) is 1.95. The maximum absolute atomic E-state index is 14.4. The number of aromatic nitrogens is 1. The third-order valence-electron chi connectivity index (χ3n) is 2.93. The standard InChI is InChI=1S/C14H8ClFN2O3/c15-8-3-1-2-4-9(8)18-12-7(14(19)20)5-10-13(11(12)16)17-6-21-10/h1-6,18H,(H,19,20). The van der Waals surface area contributed by atoms with Crippen LogP contribution in [-0.4, -0.2) is 16.1 Å². The Morgan fingerprint density at radius 2 is 2.14 bits per heavy atom. The molecule has 0 fully saturated rings. The lowest BCUT2D eigenvalue weighted by Gasteiger charge is -2.12. The largest absolute Gasteiger partial charge is 0.478 e. The van der Waals surface area contributed by atoms with Crippen molar-refractivity contribution in [3.05, 3.63) is 53.1 Å². The lowest BCUT2D eigenvalue weighted by atomic mass is 10.1. The Morgan fingerprint density at radius 3 is 2.86 bits per heavy atom. The number of rotatable bonds is 3. The van der Waals surface area contributed by atoms with Crippen LogP contribution in [-0.2, 0) is 0 Å². The first kappa shape index (κ1) is 13.4. The average Bonchev–Trinajstić information content (AvgIpc) is 2.92. The molecule has 106 valence electrons. The van der Waals surface area contributed by atoms with E-state index < -0.39 is 11.8 Å². The summed E-state index contributed by atoms with van der Waals surface area (Å²) in [5, 5.41) is 12.3. The molecule has 21 heavy (non-hydrogen) atoms. The first-order valence-electron chi connectivity index (χ1n) is 5.88. The molecule has 0 aliphatic carbocycles. The Hall–Kier alpha value is -2.60. The lowest BCUT2D eigenvalue weighted by Crippen LogP contribution is -2.06. The minimum absolute atomic E-state index is 0.0467. The number of anilines is 2. The molecule has 0 atom stereocenters. The molecule has 0 spiro atoms. The second-order valence-electron chi connectivity index (χ2n) is 4.22. The maximum Gasteiger partial charge on any atom is 0.338 e. The fourth-order valence-corrected chi connectivity index (χ4v) is 2.13. The smallest absolute Gasteiger partial charge is 0.338 e. The Labute approximate surface area is 123 Å². The third kappa shape index (κ3) is 2.30. The number of carbonyl (C=O) groups is 1. The average molecular weight is 307 g/mol. The molecular formula is C14H8ClFN2O3. The van der Waals surface area contributed by atoms with Crippen LogP contribution in [0.15, 0.2) is 41.1 Å². The number of carboxylic acids is 1. The van der Waals surface area contributed by atoms with Crippen molar-refractivity contribution in [1.82, 2.24) is 4.98 Å². The number of nitrogens with zero attached hydrogens (tertiary/aromatic N) is 1. The van der Waals surface area contributed by atoms with Crippen LogP contribution in [0.3, 0.4) is 0 Å². The molecule has 0 amide bonds. The minimum Gasteiger partial charge on any atom is -0.478 e. The van der Waals surface area contributed by atoms with Gasteiger partial charge in [0.1, 0.15) is 5.52 Å². The van der Waals surface area contributed by atoms with Gasteiger partial charge in [-0.3, -0.25) is 0 Å². The second-order valence-corrected chi connectivity index (χ2v) is 4.63. The highest BCUT2D eigenvalue weighted by molar-refractivity contribution is 6.33. The molecule has 3 rings (SSSR count). The number of fused-ring (bicyclic) bond motifs is 1. The minimum atomic E-state index is -1.29. The SMILES string of the molecule is O=C(O)c1cc2ocnc2c(F)c1Nc1ccccc1Cl. The van der Waals surface area contributed by atoms with E-state index >= 15 is 0 Å². The van der Waals surface area contributed by atoms with Crippen LogP contribution in [0.2, 0.25) is 5.02 Å². The molecule has 5 nitrogen and oxygen atoms in total. The Kier molecular flexibility index (Phi) is 3.23. The van der Waals surface area contributed by atoms with Crippen LogP contribution in [0, 0.1) is 5.82 Å². The van der Waals surface area contributed by atoms with Gasteiger partial charge in [0.25, 0.3) is 0 Å². The summed E-state index contributed by atoms with van der Waals surface area (Å²) in [7, 11) is 0. The van der Waals surface area contributed by atoms with E-state index in [1.165, 1.54) is 6.07 Å². The van der Waals surface area contributed by atoms with E-state index in [0.717, 1.165) is 6.39 Å². The van der Waals surface area contributed by atoms with E-state index in [4.69, 9.17) is 16.0 Å². The fraction of sp³-hybridized carbons (Fsp3) is 0. The van der Waals surface area contributed by atoms with Gasteiger partial charge < -0.3 is 14.8 Å². The summed E-state index contributed by atoms with van der Waals surface area (Å²) in [5.41, 5.74) is -0.0683. The zero-order chi connectivity index (χ0) is 15.0. The van der Waals surface area contributed by atoms with E-state index in [1.54, 1.807) is 24.3 Å². The van der Waals surface area contributed by atoms with E-state index in [9.17, 15) is 14.3 Å². The quantitative estimate of drug-likeness (QED) is 0.763. The highest BCUT2D eigenvalue weighted by Gasteiger charge is 2.21. The predicted octanol–water partition coefficient (Wildman–Crippen LogP) is 4.06. The van der Waals surface area contributed by atoms with Crippen LogP contribution >= 0.6 is 11.6 Å². The Balaban J connectivity index is 2.20. The molecule has 2 aromatic carbocycles. The number of benzene rings is 2. The van der Waals surface area contributed by atoms with Crippen LogP contribution in [0.5, 0.6) is 0 Å². The van der Waals surface area contributed by atoms with Crippen molar-refractivity contribution < 1.29 is 18.7 Å². The summed E-state index contributed by atoms with van der Waals surface area (Å²) < 4.78 is 19.4. The maximum atomic E-state index is 14.4. The lowest BCUT2D eigenvalue weighted by molar-refractivity contribution is 0.0697. The van der Waals surface area contributed by atoms with Crippen molar-refractivity contribution in [3.63, 3.8) is 0 Å². The van der Waals surface area contributed by atoms with E-state index in [2.05, 4.69) is 10.3 Å². The van der Waals surface area contributed by atoms with Gasteiger partial charge in [0.05, 0.1) is 22.0 Å². The number of oxazole rings is 1. The molecule has 0 saturated carbocycles. The summed E-state index contributed by atoms with van der Waals surface area (Å²) >= 11 is 5.99. The zero-order valence-electron chi connectivity index (χ0n) is 10.4. The normalized spacial score (nSPS) is 10.8. The molecule has 2 N–H and O–H groups in total. The number of para-hydroxylation sites is 1. The number of hydrogen-bond donors (Lipinski definition) is 2. The molecule has 0 unspecified atom stereocenters. The summed E-state index contributed by atoms with van der Waals surface area (Å²) in [6.07, 6.45) is 1.05. The van der Waals surface area contributed by atoms with E-state index in [1.807, 2.05) is 0 Å². The monoisotopic (exact) mass is 306 g/mol. The second kappa shape index (κ2) is 5.06. The van der Waals surface area contributed by atoms with Gasteiger partial charge in [-0.25, -0.2) is 14.2 Å². The van der Waals surface area contributed by atoms with E-state index in [-0.39, 0.29) is 22.4 Å². The van der Waals surface area contributed by atoms with Gasteiger partial charge in [0.15, 0.2) is 17.8 Å². The third-order valence-corrected chi connectivity index (χ3v) is 3.26. The van der Waals surface area contributed by atoms with Crippen molar-refractivity contribution >= 4 is 40.0 Å². The molecule has 3 aromatic rings. The molecular weight excluding hydrogens is 299 g/mol. The van der Waals surface area contributed by atoms with E-state index in [0.29, 0.717) is 10.7 Å². The van der Waals surface area contributed by atoms with Gasteiger partial charge in [-0.05, 0) is 18.2 Å². The Bertz CT molecular complexity index is 847. The van der Waals surface area contributed by atoms with Crippen LogP contribution in [0.1, 0.15) is 10.4 Å². The van der Waals surface area contributed by atoms with Gasteiger partial charge in [-0.15, -0.1) is 0 Å². The van der Waals surface area contributed by atoms with Gasteiger partial charge in [-0.2, -0.15) is 0 Å². The summed E-state index contributed by atoms with van der Waals surface area (Å²) in [5.74, 6) is -2.10. The first-order valence-corrected chi connectivity index (χ1v) is 6.26. The number of aromatic carboxylic acids is 1. The topological polar surface area (TPSA) is 75.4 Å². The first-order chi connectivity index (χ1) is 10.1.